The molecule has 19 nitrogen and oxygen atoms in total. The van der Waals surface area contributed by atoms with Crippen LogP contribution >= 0.6 is 0 Å². The van der Waals surface area contributed by atoms with E-state index in [0.29, 0.717) is 0 Å². The van der Waals surface area contributed by atoms with Crippen molar-refractivity contribution in [2.75, 3.05) is 13.2 Å². The zero-order valence-corrected chi connectivity index (χ0v) is 35.4. The molecular formula is C43H49NO18. The van der Waals surface area contributed by atoms with Gasteiger partial charge in [0.2, 0.25) is 0 Å². The SMILES string of the molecule is CC(=O)OC[C@]12[C@H](OC(C)=O)[C@H](OC(C)=O)[C@H]3[C@H](OC(C)=O)[C@@]14O[C@@]3(C)COC(=O)c1cccnc1CC[C@H](C)C(=O)O[C@@H]([C@H](OC(=O)c1ccccc1)[C@H]2OC(C)=O)[C@@]4(C)O. The summed E-state index contributed by atoms with van der Waals surface area (Å²) in [6, 6.07) is 10.4. The number of rotatable bonds is 8. The summed E-state index contributed by atoms with van der Waals surface area (Å²) >= 11 is 0. The smallest absolute Gasteiger partial charge is 0.340 e. The first-order chi connectivity index (χ1) is 29.1. The van der Waals surface area contributed by atoms with Crippen molar-refractivity contribution in [3.8, 4) is 0 Å². The standard InChI is InChI=1S/C43H49NO18/c1-21-16-17-29-28(15-12-18-44-29)39(52)55-19-40(7)30-31(56-23(3)46)35(58-25(5)48)42(20-54-22(2)45)36(59-26(6)49)32(60-38(51)27-13-10-9-11-14-27)34(61-37(21)50)41(8,53)43(42,62-40)33(30)57-24(4)47/h9-15,18,21,30-36,53H,16-17,19-20H2,1-8H3/t21-,30-,31+,32-,33-,34-,35+,36+,40-,41+,42+,43-/m0/s1. The highest BCUT2D eigenvalue weighted by atomic mass is 16.7. The highest BCUT2D eigenvalue weighted by molar-refractivity contribution is 5.91. The highest BCUT2D eigenvalue weighted by Gasteiger charge is 2.92. The zero-order valence-electron chi connectivity index (χ0n) is 35.4. The molecule has 4 aliphatic rings. The lowest BCUT2D eigenvalue weighted by atomic mass is 9.45. The van der Waals surface area contributed by atoms with Gasteiger partial charge in [-0.2, -0.15) is 0 Å². The van der Waals surface area contributed by atoms with Crippen molar-refractivity contribution in [2.45, 2.75) is 122 Å². The van der Waals surface area contributed by atoms with E-state index in [9.17, 15) is 43.5 Å². The second-order valence-corrected chi connectivity index (χ2v) is 16.4. The van der Waals surface area contributed by atoms with Crippen LogP contribution in [0.4, 0.5) is 0 Å². The largest absolute Gasteiger partial charge is 0.465 e. The number of cyclic esters (lactones) is 1. The lowest BCUT2D eigenvalue weighted by Crippen LogP contribution is -2.89. The third-order valence-electron chi connectivity index (χ3n) is 12.1. The first-order valence-electron chi connectivity index (χ1n) is 19.9. The molecule has 1 N–H and O–H groups in total. The molecule has 0 amide bonds. The molecule has 3 fully saturated rings. The molecule has 6 rings (SSSR count). The maximum Gasteiger partial charge on any atom is 0.340 e. The molecule has 2 aliphatic heterocycles. The van der Waals surface area contributed by atoms with Gasteiger partial charge in [-0.1, -0.05) is 25.1 Å². The van der Waals surface area contributed by atoms with Gasteiger partial charge in [0.15, 0.2) is 30.0 Å². The summed E-state index contributed by atoms with van der Waals surface area (Å²) in [7, 11) is 0. The second kappa shape index (κ2) is 17.1. The van der Waals surface area contributed by atoms with E-state index in [1.165, 1.54) is 56.4 Å². The predicted molar refractivity (Wildman–Crippen MR) is 205 cm³/mol. The molecule has 1 spiro atoms. The first kappa shape index (κ1) is 45.6. The fraction of sp³-hybridized carbons (Fsp3) is 0.558. The van der Waals surface area contributed by atoms with Gasteiger partial charge in [-0.25, -0.2) is 9.59 Å². The number of benzene rings is 1. The number of ether oxygens (including phenoxy) is 9. The van der Waals surface area contributed by atoms with E-state index in [1.54, 1.807) is 6.07 Å². The first-order valence-corrected chi connectivity index (χ1v) is 19.9. The van der Waals surface area contributed by atoms with Gasteiger partial charge in [0.1, 0.15) is 42.0 Å². The normalized spacial score (nSPS) is 35.0. The second-order valence-electron chi connectivity index (χ2n) is 16.4. The average Bonchev–Trinajstić information content (AvgIpc) is 3.41. The van der Waals surface area contributed by atoms with Gasteiger partial charge >= 0.3 is 47.8 Å². The van der Waals surface area contributed by atoms with Gasteiger partial charge in [-0.05, 0) is 51.0 Å². The van der Waals surface area contributed by atoms with E-state index < -0.39 is 132 Å². The summed E-state index contributed by atoms with van der Waals surface area (Å²) in [4.78, 5) is 113. The Morgan fingerprint density at radius 3 is 1.97 bits per heavy atom. The summed E-state index contributed by atoms with van der Waals surface area (Å²) in [5.74, 6) is -10.7. The van der Waals surface area contributed by atoms with Crippen molar-refractivity contribution in [2.24, 2.45) is 17.3 Å². The maximum atomic E-state index is 14.4. The van der Waals surface area contributed by atoms with Crippen LogP contribution in [0.15, 0.2) is 48.7 Å². The molecule has 3 heterocycles. The summed E-state index contributed by atoms with van der Waals surface area (Å²) in [6.07, 6.45) is -10.6. The molecular weight excluding hydrogens is 818 g/mol. The van der Waals surface area contributed by atoms with E-state index in [0.717, 1.165) is 41.5 Å². The molecule has 1 saturated heterocycles. The van der Waals surface area contributed by atoms with Crippen LogP contribution in [0.25, 0.3) is 0 Å². The molecule has 0 radical (unpaired) electrons. The molecule has 12 atom stereocenters. The lowest BCUT2D eigenvalue weighted by Gasteiger charge is -2.67. The van der Waals surface area contributed by atoms with Crippen LogP contribution in [-0.2, 0) is 77.8 Å². The van der Waals surface area contributed by atoms with Crippen LogP contribution in [0.5, 0.6) is 0 Å². The summed E-state index contributed by atoms with van der Waals surface area (Å²) in [5.41, 5.74) is -10.1. The molecule has 2 saturated carbocycles. The van der Waals surface area contributed by atoms with Crippen LogP contribution in [-0.4, -0.2) is 124 Å². The lowest BCUT2D eigenvalue weighted by molar-refractivity contribution is -0.386. The number of carbonyl (C=O) groups excluding carboxylic acids is 8. The predicted octanol–water partition coefficient (Wildman–Crippen LogP) is 2.16. The Hall–Kier alpha value is -5.95. The minimum absolute atomic E-state index is 0.0225. The van der Waals surface area contributed by atoms with E-state index >= 15 is 0 Å². The molecule has 62 heavy (non-hydrogen) atoms. The van der Waals surface area contributed by atoms with Crippen molar-refractivity contribution in [3.63, 3.8) is 0 Å². The fourth-order valence-electron chi connectivity index (χ4n) is 9.73. The van der Waals surface area contributed by atoms with Gasteiger partial charge in [-0.3, -0.25) is 33.8 Å². The van der Waals surface area contributed by atoms with Crippen LogP contribution in [0.2, 0.25) is 0 Å². The minimum Gasteiger partial charge on any atom is -0.465 e. The molecule has 334 valence electrons. The van der Waals surface area contributed by atoms with Gasteiger partial charge in [-0.15, -0.1) is 0 Å². The number of hydrogen-bond acceptors (Lipinski definition) is 19. The quantitative estimate of drug-likeness (QED) is 0.295. The van der Waals surface area contributed by atoms with Crippen molar-refractivity contribution in [1.82, 2.24) is 4.98 Å². The van der Waals surface area contributed by atoms with Crippen LogP contribution in [0.3, 0.4) is 0 Å². The number of aliphatic hydroxyl groups is 1. The van der Waals surface area contributed by atoms with Gasteiger partial charge in [0.25, 0.3) is 0 Å². The molecule has 4 bridgehead atoms. The number of aromatic nitrogens is 1. The maximum absolute atomic E-state index is 14.4. The molecule has 2 aliphatic carbocycles. The minimum atomic E-state index is -2.86. The Morgan fingerprint density at radius 2 is 1.37 bits per heavy atom. The Bertz CT molecular complexity index is 2140. The fourth-order valence-corrected chi connectivity index (χ4v) is 9.73. The molecule has 2 aromatic rings. The van der Waals surface area contributed by atoms with Gasteiger partial charge in [0, 0.05) is 40.8 Å². The van der Waals surface area contributed by atoms with Crippen molar-refractivity contribution >= 4 is 47.8 Å². The van der Waals surface area contributed by atoms with E-state index in [2.05, 4.69) is 4.98 Å². The zero-order chi connectivity index (χ0) is 45.5. The third-order valence-corrected chi connectivity index (χ3v) is 12.1. The summed E-state index contributed by atoms with van der Waals surface area (Å²) < 4.78 is 55.3. The van der Waals surface area contributed by atoms with Crippen LogP contribution in [0.1, 0.15) is 88.2 Å². The Morgan fingerprint density at radius 1 is 0.774 bits per heavy atom. The van der Waals surface area contributed by atoms with Crippen LogP contribution in [0, 0.1) is 17.3 Å². The Kier molecular flexibility index (Phi) is 12.6. The van der Waals surface area contributed by atoms with E-state index in [1.807, 2.05) is 0 Å². The molecule has 1 aromatic carbocycles. The number of pyridine rings is 1. The molecule has 1 aromatic heterocycles. The number of carbonyl (C=O) groups is 8. The number of hydrogen-bond donors (Lipinski definition) is 1. The van der Waals surface area contributed by atoms with E-state index in [-0.39, 0.29) is 29.7 Å². The van der Waals surface area contributed by atoms with Gasteiger partial charge in [0.05, 0.1) is 28.7 Å². The highest BCUT2D eigenvalue weighted by Crippen LogP contribution is 2.70. The average molecular weight is 868 g/mol. The van der Waals surface area contributed by atoms with Gasteiger partial charge < -0.3 is 47.7 Å². The van der Waals surface area contributed by atoms with Crippen LogP contribution < -0.4 is 0 Å². The molecule has 19 heteroatoms. The number of nitrogens with zero attached hydrogens (tertiary/aromatic N) is 1. The Labute approximate surface area is 355 Å². The summed E-state index contributed by atoms with van der Waals surface area (Å²) in [5, 5.41) is 13.6. The third kappa shape index (κ3) is 7.76. The number of aryl methyl sites for hydroxylation is 1. The summed E-state index contributed by atoms with van der Waals surface area (Å²) in [6.45, 7) is 7.16. The molecule has 0 unspecified atom stereocenters. The number of esters is 8. The monoisotopic (exact) mass is 867 g/mol. The van der Waals surface area contributed by atoms with Crippen molar-refractivity contribution in [1.29, 1.82) is 0 Å². The number of fused-ring (bicyclic) bond motifs is 5. The topological polar surface area (TPSA) is 253 Å². The van der Waals surface area contributed by atoms with Crippen molar-refractivity contribution in [3.05, 3.63) is 65.5 Å². The Balaban J connectivity index is 1.77. The van der Waals surface area contributed by atoms with E-state index in [4.69, 9.17) is 42.6 Å². The van der Waals surface area contributed by atoms with Crippen molar-refractivity contribution < 1.29 is 86.1 Å².